The monoisotopic (exact) mass is 238 g/mol. The summed E-state index contributed by atoms with van der Waals surface area (Å²) in [5.41, 5.74) is 6.60. The zero-order valence-corrected chi connectivity index (χ0v) is 8.88. The van der Waals surface area contributed by atoms with Crippen molar-refractivity contribution in [3.63, 3.8) is 0 Å². The molecular weight excluding hydrogens is 231 g/mol. The smallest absolute Gasteiger partial charge is 0.265 e. The van der Waals surface area contributed by atoms with E-state index >= 15 is 0 Å². The van der Waals surface area contributed by atoms with Gasteiger partial charge in [0.25, 0.3) is 5.91 Å². The average Bonchev–Trinajstić information content (AvgIpc) is 2.71. The van der Waals surface area contributed by atoms with Crippen LogP contribution in [0.4, 0.5) is 4.39 Å². The van der Waals surface area contributed by atoms with Crippen molar-refractivity contribution in [3.05, 3.63) is 46.9 Å². The standard InChI is InChI=1S/C11H8ClFN2O/c12-7-2-1-6(5-8(7)13)9-3-4-10(15-9)11(14)16/h1-5,15H,(H2,14,16). The highest BCUT2D eigenvalue weighted by atomic mass is 35.5. The molecule has 82 valence electrons. The van der Waals surface area contributed by atoms with Gasteiger partial charge in [-0.2, -0.15) is 0 Å². The number of carbonyl (C=O) groups is 1. The van der Waals surface area contributed by atoms with Gasteiger partial charge in [-0.25, -0.2) is 4.39 Å². The van der Waals surface area contributed by atoms with Crippen LogP contribution in [-0.4, -0.2) is 10.9 Å². The highest BCUT2D eigenvalue weighted by Crippen LogP contribution is 2.23. The molecule has 0 aliphatic rings. The van der Waals surface area contributed by atoms with Crippen molar-refractivity contribution in [1.82, 2.24) is 4.98 Å². The van der Waals surface area contributed by atoms with Crippen molar-refractivity contribution in [1.29, 1.82) is 0 Å². The van der Waals surface area contributed by atoms with Gasteiger partial charge in [-0.1, -0.05) is 17.7 Å². The lowest BCUT2D eigenvalue weighted by atomic mass is 10.1. The summed E-state index contributed by atoms with van der Waals surface area (Å²) in [6, 6.07) is 7.60. The van der Waals surface area contributed by atoms with E-state index in [1.54, 1.807) is 18.2 Å². The first-order valence-corrected chi connectivity index (χ1v) is 4.90. The Morgan fingerprint density at radius 3 is 2.62 bits per heavy atom. The molecule has 3 N–H and O–H groups in total. The Balaban J connectivity index is 2.42. The quantitative estimate of drug-likeness (QED) is 0.830. The number of benzene rings is 1. The van der Waals surface area contributed by atoms with Crippen LogP contribution >= 0.6 is 11.6 Å². The van der Waals surface area contributed by atoms with Gasteiger partial charge < -0.3 is 10.7 Å². The molecule has 0 aliphatic heterocycles. The Morgan fingerprint density at radius 2 is 2.06 bits per heavy atom. The molecule has 0 spiro atoms. The fourth-order valence-corrected chi connectivity index (χ4v) is 1.49. The highest BCUT2D eigenvalue weighted by Gasteiger charge is 2.07. The van der Waals surface area contributed by atoms with E-state index in [1.807, 2.05) is 0 Å². The van der Waals surface area contributed by atoms with Crippen LogP contribution in [-0.2, 0) is 0 Å². The summed E-state index contributed by atoms with van der Waals surface area (Å²) in [4.78, 5) is 13.7. The Kier molecular flexibility index (Phi) is 2.66. The number of hydrogen-bond acceptors (Lipinski definition) is 1. The number of hydrogen-bond donors (Lipinski definition) is 2. The molecule has 0 fully saturated rings. The number of rotatable bonds is 2. The third-order valence-corrected chi connectivity index (χ3v) is 2.49. The van der Waals surface area contributed by atoms with Gasteiger partial charge in [0.2, 0.25) is 0 Å². The number of nitrogens with two attached hydrogens (primary N) is 1. The first kappa shape index (κ1) is 10.7. The van der Waals surface area contributed by atoms with Gasteiger partial charge in [-0.3, -0.25) is 4.79 Å². The van der Waals surface area contributed by atoms with Crippen molar-refractivity contribution in [2.24, 2.45) is 5.73 Å². The summed E-state index contributed by atoms with van der Waals surface area (Å²) in [6.07, 6.45) is 0. The van der Waals surface area contributed by atoms with Crippen LogP contribution in [0, 0.1) is 5.82 Å². The van der Waals surface area contributed by atoms with Crippen molar-refractivity contribution in [2.75, 3.05) is 0 Å². The van der Waals surface area contributed by atoms with E-state index in [9.17, 15) is 9.18 Å². The van der Waals surface area contributed by atoms with Crippen LogP contribution in [0.15, 0.2) is 30.3 Å². The summed E-state index contributed by atoms with van der Waals surface area (Å²) < 4.78 is 13.2. The lowest BCUT2D eigenvalue weighted by Crippen LogP contribution is -2.10. The first-order valence-electron chi connectivity index (χ1n) is 4.52. The van der Waals surface area contributed by atoms with E-state index in [2.05, 4.69) is 4.98 Å². The zero-order valence-electron chi connectivity index (χ0n) is 8.13. The summed E-state index contributed by atoms with van der Waals surface area (Å²) in [5, 5.41) is 0.0606. The maximum Gasteiger partial charge on any atom is 0.265 e. The summed E-state index contributed by atoms with van der Waals surface area (Å²) in [7, 11) is 0. The van der Waals surface area contributed by atoms with E-state index in [0.717, 1.165) is 0 Å². The highest BCUT2D eigenvalue weighted by molar-refractivity contribution is 6.30. The molecule has 0 aliphatic carbocycles. The molecule has 0 unspecified atom stereocenters. The van der Waals surface area contributed by atoms with Crippen molar-refractivity contribution in [3.8, 4) is 11.3 Å². The van der Waals surface area contributed by atoms with Crippen LogP contribution in [0.2, 0.25) is 5.02 Å². The number of halogens is 2. The number of aromatic nitrogens is 1. The fraction of sp³-hybridized carbons (Fsp3) is 0. The normalized spacial score (nSPS) is 10.4. The third kappa shape index (κ3) is 1.92. The molecule has 0 saturated heterocycles. The minimum absolute atomic E-state index is 0.0606. The maximum absolute atomic E-state index is 13.2. The molecule has 1 amide bonds. The minimum Gasteiger partial charge on any atom is -0.364 e. The van der Waals surface area contributed by atoms with Gasteiger partial charge in [0.15, 0.2) is 0 Å². The molecule has 0 saturated carbocycles. The minimum atomic E-state index is -0.555. The van der Waals surface area contributed by atoms with Gasteiger partial charge in [-0.15, -0.1) is 0 Å². The van der Waals surface area contributed by atoms with Gasteiger partial charge in [-0.05, 0) is 24.3 Å². The summed E-state index contributed by atoms with van der Waals surface area (Å²) in [5.74, 6) is -1.06. The van der Waals surface area contributed by atoms with E-state index in [4.69, 9.17) is 17.3 Å². The van der Waals surface area contributed by atoms with Crippen molar-refractivity contribution >= 4 is 17.5 Å². The van der Waals surface area contributed by atoms with E-state index in [0.29, 0.717) is 11.3 Å². The zero-order chi connectivity index (χ0) is 11.7. The van der Waals surface area contributed by atoms with Crippen LogP contribution in [0.1, 0.15) is 10.5 Å². The maximum atomic E-state index is 13.2. The lowest BCUT2D eigenvalue weighted by molar-refractivity contribution is 0.0996. The second-order valence-corrected chi connectivity index (χ2v) is 3.69. The molecule has 0 radical (unpaired) electrons. The Bertz CT molecular complexity index is 551. The van der Waals surface area contributed by atoms with E-state index in [-0.39, 0.29) is 10.7 Å². The predicted molar refractivity (Wildman–Crippen MR) is 59.7 cm³/mol. The number of nitrogens with one attached hydrogen (secondary N) is 1. The first-order chi connectivity index (χ1) is 7.58. The van der Waals surface area contributed by atoms with Crippen LogP contribution in [0.25, 0.3) is 11.3 Å². The Labute approximate surface area is 96.0 Å². The second kappa shape index (κ2) is 3.98. The van der Waals surface area contributed by atoms with Gasteiger partial charge in [0.05, 0.1) is 5.02 Å². The molecular formula is C11H8ClFN2O. The number of amides is 1. The molecule has 16 heavy (non-hydrogen) atoms. The van der Waals surface area contributed by atoms with Crippen molar-refractivity contribution in [2.45, 2.75) is 0 Å². The predicted octanol–water partition coefficient (Wildman–Crippen LogP) is 2.57. The molecule has 0 bridgehead atoms. The molecule has 1 aromatic carbocycles. The summed E-state index contributed by atoms with van der Waals surface area (Å²) >= 11 is 5.56. The van der Waals surface area contributed by atoms with E-state index < -0.39 is 11.7 Å². The molecule has 2 rings (SSSR count). The third-order valence-electron chi connectivity index (χ3n) is 2.18. The van der Waals surface area contributed by atoms with Crippen molar-refractivity contribution < 1.29 is 9.18 Å². The molecule has 1 heterocycles. The van der Waals surface area contributed by atoms with Crippen LogP contribution in [0.3, 0.4) is 0 Å². The molecule has 0 atom stereocenters. The SMILES string of the molecule is NC(=O)c1ccc(-c2ccc(Cl)c(F)c2)[nH]1. The molecule has 3 nitrogen and oxygen atoms in total. The van der Waals surface area contributed by atoms with E-state index in [1.165, 1.54) is 12.1 Å². The Morgan fingerprint density at radius 1 is 1.31 bits per heavy atom. The number of primary amides is 1. The number of carbonyl (C=O) groups excluding carboxylic acids is 1. The number of H-pyrrole nitrogens is 1. The molecule has 5 heteroatoms. The summed E-state index contributed by atoms with van der Waals surface area (Å²) in [6.45, 7) is 0. The van der Waals surface area contributed by atoms with Gasteiger partial charge in [0, 0.05) is 11.3 Å². The van der Waals surface area contributed by atoms with Crippen LogP contribution in [0.5, 0.6) is 0 Å². The largest absolute Gasteiger partial charge is 0.364 e. The topological polar surface area (TPSA) is 58.9 Å². The average molecular weight is 239 g/mol. The van der Waals surface area contributed by atoms with Crippen LogP contribution < -0.4 is 5.73 Å². The fourth-order valence-electron chi connectivity index (χ4n) is 1.37. The second-order valence-electron chi connectivity index (χ2n) is 3.28. The van der Waals surface area contributed by atoms with Gasteiger partial charge >= 0.3 is 0 Å². The number of aromatic amines is 1. The molecule has 1 aromatic heterocycles. The molecule has 2 aromatic rings. The van der Waals surface area contributed by atoms with Gasteiger partial charge in [0.1, 0.15) is 11.5 Å². The Hall–Kier alpha value is -1.81. The lowest BCUT2D eigenvalue weighted by Gasteiger charge is -1.99.